The minimum absolute atomic E-state index is 0.405. The van der Waals surface area contributed by atoms with Crippen molar-refractivity contribution < 1.29 is 9.84 Å². The molecule has 0 saturated heterocycles. The third kappa shape index (κ3) is 5.58. The second-order valence-electron chi connectivity index (χ2n) is 4.95. The van der Waals surface area contributed by atoms with Crippen LogP contribution in [0.25, 0.3) is 0 Å². The predicted molar refractivity (Wildman–Crippen MR) is 70.4 cm³/mol. The maximum atomic E-state index is 9.68. The van der Waals surface area contributed by atoms with Crippen LogP contribution in [0.1, 0.15) is 18.4 Å². The van der Waals surface area contributed by atoms with Crippen LogP contribution < -0.4 is 5.32 Å². The largest absolute Gasteiger partial charge is 0.389 e. The van der Waals surface area contributed by atoms with Gasteiger partial charge in [-0.15, -0.1) is 0 Å². The van der Waals surface area contributed by atoms with Crippen LogP contribution in [-0.2, 0) is 11.2 Å². The van der Waals surface area contributed by atoms with Gasteiger partial charge in [0.25, 0.3) is 0 Å². The highest BCUT2D eigenvalue weighted by molar-refractivity contribution is 5.08. The molecule has 1 aliphatic rings. The summed E-state index contributed by atoms with van der Waals surface area (Å²) in [5.41, 5.74) is 1.21. The first-order valence-electron chi connectivity index (χ1n) is 6.70. The molecule has 1 fully saturated rings. The first-order valence-corrected chi connectivity index (χ1v) is 6.70. The second-order valence-corrected chi connectivity index (χ2v) is 4.95. The van der Waals surface area contributed by atoms with E-state index in [4.69, 9.17) is 4.74 Å². The van der Waals surface area contributed by atoms with Crippen molar-refractivity contribution in [3.8, 4) is 0 Å². The summed E-state index contributed by atoms with van der Waals surface area (Å²) in [6.07, 6.45) is 6.76. The molecule has 1 atom stereocenters. The number of aliphatic hydroxyl groups excluding tert-OH is 1. The number of ether oxygens (including phenoxy) is 1. The minimum atomic E-state index is -0.405. The Balaban J connectivity index is 1.46. The number of aliphatic hydroxyl groups is 1. The molecule has 1 aromatic heterocycles. The van der Waals surface area contributed by atoms with Crippen LogP contribution in [0.15, 0.2) is 24.5 Å². The molecule has 0 spiro atoms. The van der Waals surface area contributed by atoms with Crippen molar-refractivity contribution in [2.75, 3.05) is 26.3 Å². The number of hydrogen-bond acceptors (Lipinski definition) is 4. The molecular formula is C14H22N2O2. The van der Waals surface area contributed by atoms with Gasteiger partial charge in [0.2, 0.25) is 0 Å². The fourth-order valence-corrected chi connectivity index (χ4v) is 1.76. The minimum Gasteiger partial charge on any atom is -0.389 e. The van der Waals surface area contributed by atoms with Crippen molar-refractivity contribution in [3.63, 3.8) is 0 Å². The SMILES string of the molecule is OC(CNCCc1cccnc1)COCC1CC1. The van der Waals surface area contributed by atoms with Crippen molar-refractivity contribution in [3.05, 3.63) is 30.1 Å². The molecule has 18 heavy (non-hydrogen) atoms. The van der Waals surface area contributed by atoms with Gasteiger partial charge in [0.05, 0.1) is 12.7 Å². The Morgan fingerprint density at radius 1 is 1.50 bits per heavy atom. The first-order chi connectivity index (χ1) is 8.84. The third-order valence-electron chi connectivity index (χ3n) is 3.05. The molecule has 4 nitrogen and oxygen atoms in total. The van der Waals surface area contributed by atoms with Crippen LogP contribution in [-0.4, -0.2) is 42.5 Å². The topological polar surface area (TPSA) is 54.4 Å². The fourth-order valence-electron chi connectivity index (χ4n) is 1.76. The Kier molecular flexibility index (Phi) is 5.58. The summed E-state index contributed by atoms with van der Waals surface area (Å²) in [5.74, 6) is 0.760. The number of aromatic nitrogens is 1. The average molecular weight is 250 g/mol. The van der Waals surface area contributed by atoms with Crippen molar-refractivity contribution in [2.45, 2.75) is 25.4 Å². The lowest BCUT2D eigenvalue weighted by atomic mass is 10.2. The van der Waals surface area contributed by atoms with Crippen LogP contribution in [0.3, 0.4) is 0 Å². The summed E-state index contributed by atoms with van der Waals surface area (Å²) >= 11 is 0. The van der Waals surface area contributed by atoms with Crippen molar-refractivity contribution in [1.82, 2.24) is 10.3 Å². The summed E-state index contributed by atoms with van der Waals surface area (Å²) in [6, 6.07) is 4.00. The Hall–Kier alpha value is -0.970. The van der Waals surface area contributed by atoms with Crippen molar-refractivity contribution in [1.29, 1.82) is 0 Å². The molecule has 4 heteroatoms. The van der Waals surface area contributed by atoms with E-state index >= 15 is 0 Å². The predicted octanol–water partition coefficient (Wildman–Crippen LogP) is 1.00. The lowest BCUT2D eigenvalue weighted by Gasteiger charge is -2.12. The van der Waals surface area contributed by atoms with Gasteiger partial charge < -0.3 is 15.2 Å². The maximum absolute atomic E-state index is 9.68. The molecule has 0 radical (unpaired) electrons. The zero-order valence-corrected chi connectivity index (χ0v) is 10.7. The van der Waals surface area contributed by atoms with E-state index in [9.17, 15) is 5.11 Å². The van der Waals surface area contributed by atoms with Gasteiger partial charge in [0.15, 0.2) is 0 Å². The van der Waals surface area contributed by atoms with Gasteiger partial charge in [-0.05, 0) is 43.4 Å². The fraction of sp³-hybridized carbons (Fsp3) is 0.643. The number of hydrogen-bond donors (Lipinski definition) is 2. The molecule has 1 saturated carbocycles. The van der Waals surface area contributed by atoms with Gasteiger partial charge in [-0.25, -0.2) is 0 Å². The first kappa shape index (κ1) is 13.5. The van der Waals surface area contributed by atoms with E-state index in [1.807, 2.05) is 12.3 Å². The molecule has 0 amide bonds. The monoisotopic (exact) mass is 250 g/mol. The molecule has 1 heterocycles. The third-order valence-corrected chi connectivity index (χ3v) is 3.05. The molecule has 2 N–H and O–H groups in total. The van der Waals surface area contributed by atoms with Gasteiger partial charge in [0.1, 0.15) is 0 Å². The molecule has 0 aromatic carbocycles. The zero-order valence-electron chi connectivity index (χ0n) is 10.7. The number of rotatable bonds is 9. The highest BCUT2D eigenvalue weighted by Crippen LogP contribution is 2.28. The standard InChI is InChI=1S/C14H22N2O2/c17-14(11-18-10-13-3-4-13)9-16-7-5-12-2-1-6-15-8-12/h1-2,6,8,13-14,16-17H,3-5,7,9-11H2. The van der Waals surface area contributed by atoms with Crippen LogP contribution in [0.2, 0.25) is 0 Å². The summed E-state index contributed by atoms with van der Waals surface area (Å²) in [5, 5.41) is 12.9. The van der Waals surface area contributed by atoms with Gasteiger partial charge in [-0.1, -0.05) is 6.07 Å². The summed E-state index contributed by atoms with van der Waals surface area (Å²) in [7, 11) is 0. The smallest absolute Gasteiger partial charge is 0.0897 e. The quantitative estimate of drug-likeness (QED) is 0.642. The second kappa shape index (κ2) is 7.46. The molecule has 1 unspecified atom stereocenters. The highest BCUT2D eigenvalue weighted by atomic mass is 16.5. The zero-order chi connectivity index (χ0) is 12.6. The number of nitrogens with zero attached hydrogens (tertiary/aromatic N) is 1. The molecular weight excluding hydrogens is 228 g/mol. The van der Waals surface area contributed by atoms with E-state index in [2.05, 4.69) is 16.4 Å². The molecule has 0 bridgehead atoms. The molecule has 1 aromatic rings. The summed E-state index contributed by atoms with van der Waals surface area (Å²) in [6.45, 7) is 2.69. The van der Waals surface area contributed by atoms with E-state index in [1.54, 1.807) is 6.20 Å². The Morgan fingerprint density at radius 3 is 3.11 bits per heavy atom. The van der Waals surface area contributed by atoms with Crippen LogP contribution in [0, 0.1) is 5.92 Å². The molecule has 0 aliphatic heterocycles. The van der Waals surface area contributed by atoms with Crippen molar-refractivity contribution in [2.24, 2.45) is 5.92 Å². The highest BCUT2D eigenvalue weighted by Gasteiger charge is 2.21. The van der Waals surface area contributed by atoms with E-state index in [0.717, 1.165) is 25.5 Å². The Labute approximate surface area is 108 Å². The Morgan fingerprint density at radius 2 is 2.39 bits per heavy atom. The molecule has 2 rings (SSSR count). The van der Waals surface area contributed by atoms with Crippen LogP contribution in [0.5, 0.6) is 0 Å². The number of nitrogens with one attached hydrogen (secondary N) is 1. The van der Waals surface area contributed by atoms with Gasteiger partial charge in [-0.2, -0.15) is 0 Å². The average Bonchev–Trinajstić information content (AvgIpc) is 3.20. The van der Waals surface area contributed by atoms with E-state index < -0.39 is 6.10 Å². The Bertz CT molecular complexity index is 328. The van der Waals surface area contributed by atoms with Crippen molar-refractivity contribution >= 4 is 0 Å². The van der Waals surface area contributed by atoms with E-state index in [-0.39, 0.29) is 0 Å². The normalized spacial score (nSPS) is 16.7. The maximum Gasteiger partial charge on any atom is 0.0897 e. The van der Waals surface area contributed by atoms with Gasteiger partial charge in [0, 0.05) is 25.5 Å². The molecule has 100 valence electrons. The summed E-state index contributed by atoms with van der Waals surface area (Å²) < 4.78 is 5.43. The van der Waals surface area contributed by atoms with Crippen LogP contribution in [0.4, 0.5) is 0 Å². The summed E-state index contributed by atoms with van der Waals surface area (Å²) in [4.78, 5) is 4.06. The van der Waals surface area contributed by atoms with E-state index in [1.165, 1.54) is 18.4 Å². The molecule has 1 aliphatic carbocycles. The lowest BCUT2D eigenvalue weighted by Crippen LogP contribution is -2.31. The van der Waals surface area contributed by atoms with Gasteiger partial charge >= 0.3 is 0 Å². The number of pyridine rings is 1. The van der Waals surface area contributed by atoms with Crippen LogP contribution >= 0.6 is 0 Å². The lowest BCUT2D eigenvalue weighted by molar-refractivity contribution is 0.0327. The van der Waals surface area contributed by atoms with Gasteiger partial charge in [-0.3, -0.25) is 4.98 Å². The van der Waals surface area contributed by atoms with E-state index in [0.29, 0.717) is 13.2 Å².